The zero-order chi connectivity index (χ0) is 12.2. The van der Waals surface area contributed by atoms with E-state index in [4.69, 9.17) is 5.73 Å². The predicted molar refractivity (Wildman–Crippen MR) is 69.8 cm³/mol. The van der Waals surface area contributed by atoms with E-state index in [1.54, 1.807) is 19.1 Å². The van der Waals surface area contributed by atoms with E-state index in [0.717, 1.165) is 6.42 Å². The lowest BCUT2D eigenvalue weighted by Gasteiger charge is -2.22. The summed E-state index contributed by atoms with van der Waals surface area (Å²) in [6.45, 7) is 3.59. The first kappa shape index (κ1) is 15.9. The van der Waals surface area contributed by atoms with Crippen LogP contribution >= 0.6 is 12.4 Å². The molecule has 0 spiro atoms. The van der Waals surface area contributed by atoms with Crippen molar-refractivity contribution in [1.29, 1.82) is 0 Å². The molecule has 0 fully saturated rings. The number of nitrogens with one attached hydrogen (secondary N) is 1. The van der Waals surface area contributed by atoms with Crippen LogP contribution in [0.2, 0.25) is 0 Å². The lowest BCUT2D eigenvalue weighted by Crippen LogP contribution is -2.48. The van der Waals surface area contributed by atoms with Crippen LogP contribution in [0.3, 0.4) is 0 Å². The Hall–Kier alpha value is -1.13. The van der Waals surface area contributed by atoms with Crippen LogP contribution in [0, 0.1) is 5.82 Å². The largest absolute Gasteiger partial charge is 0.322 e. The Bertz CT molecular complexity index is 383. The van der Waals surface area contributed by atoms with Gasteiger partial charge in [-0.25, -0.2) is 4.39 Å². The van der Waals surface area contributed by atoms with Gasteiger partial charge in [0.05, 0.1) is 11.2 Å². The van der Waals surface area contributed by atoms with E-state index >= 15 is 0 Å². The van der Waals surface area contributed by atoms with Gasteiger partial charge in [0.2, 0.25) is 5.91 Å². The van der Waals surface area contributed by atoms with Crippen LogP contribution in [-0.4, -0.2) is 11.4 Å². The summed E-state index contributed by atoms with van der Waals surface area (Å²) < 4.78 is 13.3. The van der Waals surface area contributed by atoms with Gasteiger partial charge in [-0.05, 0) is 25.5 Å². The average Bonchev–Trinajstić information content (AvgIpc) is 2.21. The molecule has 0 heterocycles. The third kappa shape index (κ3) is 4.32. The highest BCUT2D eigenvalue weighted by Gasteiger charge is 2.27. The van der Waals surface area contributed by atoms with Crippen LogP contribution < -0.4 is 11.1 Å². The molecule has 0 aliphatic carbocycles. The Kier molecular flexibility index (Phi) is 6.13. The van der Waals surface area contributed by atoms with Crippen molar-refractivity contribution in [1.82, 2.24) is 0 Å². The normalized spacial score (nSPS) is 13.4. The maximum atomic E-state index is 13.3. The lowest BCUT2D eigenvalue weighted by molar-refractivity contribution is -0.120. The molecule has 0 aliphatic rings. The maximum absolute atomic E-state index is 13.3. The number of para-hydroxylation sites is 1. The number of carbonyl (C=O) groups excluding carboxylic acids is 1. The first-order chi connectivity index (χ1) is 7.47. The number of carbonyl (C=O) groups is 1. The summed E-state index contributed by atoms with van der Waals surface area (Å²) in [5, 5.41) is 2.50. The van der Waals surface area contributed by atoms with Gasteiger partial charge in [0.15, 0.2) is 0 Å². The Labute approximate surface area is 107 Å². The fourth-order valence-electron chi connectivity index (χ4n) is 1.46. The summed E-state index contributed by atoms with van der Waals surface area (Å²) in [7, 11) is 0. The van der Waals surface area contributed by atoms with Crippen molar-refractivity contribution in [2.24, 2.45) is 5.73 Å². The van der Waals surface area contributed by atoms with Crippen molar-refractivity contribution in [2.45, 2.75) is 32.2 Å². The van der Waals surface area contributed by atoms with Gasteiger partial charge in [-0.1, -0.05) is 25.5 Å². The van der Waals surface area contributed by atoms with Gasteiger partial charge in [0, 0.05) is 0 Å². The molecule has 1 rings (SSSR count). The molecule has 1 aromatic rings. The van der Waals surface area contributed by atoms with Gasteiger partial charge in [0.25, 0.3) is 0 Å². The molecular formula is C12H18ClFN2O. The highest BCUT2D eigenvalue weighted by molar-refractivity contribution is 5.97. The van der Waals surface area contributed by atoms with Crippen molar-refractivity contribution >= 4 is 24.0 Å². The first-order valence-electron chi connectivity index (χ1n) is 5.32. The number of anilines is 1. The van der Waals surface area contributed by atoms with E-state index in [2.05, 4.69) is 5.32 Å². The second kappa shape index (κ2) is 6.57. The molecule has 5 heteroatoms. The maximum Gasteiger partial charge on any atom is 0.244 e. The van der Waals surface area contributed by atoms with Gasteiger partial charge in [-0.15, -0.1) is 12.4 Å². The number of hydrogen-bond acceptors (Lipinski definition) is 2. The molecule has 0 bridgehead atoms. The molecule has 0 radical (unpaired) electrons. The summed E-state index contributed by atoms with van der Waals surface area (Å²) in [6.07, 6.45) is 1.37. The second-order valence-electron chi connectivity index (χ2n) is 4.10. The molecule has 0 aromatic heterocycles. The van der Waals surface area contributed by atoms with Crippen LogP contribution in [0.1, 0.15) is 26.7 Å². The van der Waals surface area contributed by atoms with Gasteiger partial charge in [-0.3, -0.25) is 4.79 Å². The molecule has 3 nitrogen and oxygen atoms in total. The molecule has 1 unspecified atom stereocenters. The van der Waals surface area contributed by atoms with Gasteiger partial charge < -0.3 is 11.1 Å². The van der Waals surface area contributed by atoms with Crippen LogP contribution in [-0.2, 0) is 4.79 Å². The second-order valence-corrected chi connectivity index (χ2v) is 4.10. The number of rotatable bonds is 4. The zero-order valence-corrected chi connectivity index (χ0v) is 10.8. The Morgan fingerprint density at radius 1 is 1.47 bits per heavy atom. The van der Waals surface area contributed by atoms with Crippen LogP contribution in [0.15, 0.2) is 24.3 Å². The fourth-order valence-corrected chi connectivity index (χ4v) is 1.46. The standard InChI is InChI=1S/C12H17FN2O.ClH/c1-3-8-12(2,14)11(16)15-10-7-5-4-6-9(10)13;/h4-7H,3,8,14H2,1-2H3,(H,15,16);1H. The number of halogens is 2. The van der Waals surface area contributed by atoms with Crippen molar-refractivity contribution in [2.75, 3.05) is 5.32 Å². The highest BCUT2D eigenvalue weighted by Crippen LogP contribution is 2.16. The topological polar surface area (TPSA) is 55.1 Å². The van der Waals surface area contributed by atoms with E-state index in [9.17, 15) is 9.18 Å². The predicted octanol–water partition coefficient (Wildman–Crippen LogP) is 2.70. The SMILES string of the molecule is CCCC(C)(N)C(=O)Nc1ccccc1F.Cl. The zero-order valence-electron chi connectivity index (χ0n) is 10.00. The summed E-state index contributed by atoms with van der Waals surface area (Å²) in [5.74, 6) is -0.817. The van der Waals surface area contributed by atoms with Crippen LogP contribution in [0.5, 0.6) is 0 Å². The fraction of sp³-hybridized carbons (Fsp3) is 0.417. The highest BCUT2D eigenvalue weighted by atomic mass is 35.5. The van der Waals surface area contributed by atoms with E-state index < -0.39 is 11.4 Å². The molecule has 0 saturated carbocycles. The lowest BCUT2D eigenvalue weighted by atomic mass is 9.96. The van der Waals surface area contributed by atoms with Gasteiger partial charge in [-0.2, -0.15) is 0 Å². The third-order valence-electron chi connectivity index (χ3n) is 2.41. The minimum atomic E-state index is -0.961. The molecule has 0 aliphatic heterocycles. The van der Waals surface area contributed by atoms with Crippen LogP contribution in [0.25, 0.3) is 0 Å². The quantitative estimate of drug-likeness (QED) is 0.875. The van der Waals surface area contributed by atoms with E-state index in [1.165, 1.54) is 12.1 Å². The molecule has 96 valence electrons. The van der Waals surface area contributed by atoms with Crippen molar-refractivity contribution in [3.05, 3.63) is 30.1 Å². The number of benzene rings is 1. The summed E-state index contributed by atoms with van der Waals surface area (Å²) >= 11 is 0. The Morgan fingerprint density at radius 3 is 2.59 bits per heavy atom. The first-order valence-corrected chi connectivity index (χ1v) is 5.32. The number of amides is 1. The minimum Gasteiger partial charge on any atom is -0.322 e. The molecule has 1 atom stereocenters. The number of hydrogen-bond donors (Lipinski definition) is 2. The van der Waals surface area contributed by atoms with Crippen molar-refractivity contribution in [3.63, 3.8) is 0 Å². The molecule has 3 N–H and O–H groups in total. The van der Waals surface area contributed by atoms with E-state index in [0.29, 0.717) is 6.42 Å². The molecular weight excluding hydrogens is 243 g/mol. The Balaban J connectivity index is 0.00000256. The van der Waals surface area contributed by atoms with Crippen LogP contribution in [0.4, 0.5) is 10.1 Å². The number of nitrogens with two attached hydrogens (primary N) is 1. The average molecular weight is 261 g/mol. The molecule has 1 aromatic carbocycles. The molecule has 17 heavy (non-hydrogen) atoms. The smallest absolute Gasteiger partial charge is 0.244 e. The Morgan fingerprint density at radius 2 is 2.06 bits per heavy atom. The summed E-state index contributed by atoms with van der Waals surface area (Å²) in [5.41, 5.74) is 5.04. The van der Waals surface area contributed by atoms with Crippen molar-refractivity contribution < 1.29 is 9.18 Å². The van der Waals surface area contributed by atoms with E-state index in [1.807, 2.05) is 6.92 Å². The molecule has 1 amide bonds. The van der Waals surface area contributed by atoms with E-state index in [-0.39, 0.29) is 24.0 Å². The summed E-state index contributed by atoms with van der Waals surface area (Å²) in [6, 6.07) is 6.03. The third-order valence-corrected chi connectivity index (χ3v) is 2.41. The van der Waals surface area contributed by atoms with Gasteiger partial charge >= 0.3 is 0 Å². The monoisotopic (exact) mass is 260 g/mol. The summed E-state index contributed by atoms with van der Waals surface area (Å²) in [4.78, 5) is 11.8. The minimum absolute atomic E-state index is 0. The molecule has 0 saturated heterocycles. The van der Waals surface area contributed by atoms with Crippen molar-refractivity contribution in [3.8, 4) is 0 Å². The van der Waals surface area contributed by atoms with Gasteiger partial charge in [0.1, 0.15) is 5.82 Å².